The van der Waals surface area contributed by atoms with E-state index in [2.05, 4.69) is 20.7 Å². The molecule has 0 unspecified atom stereocenters. The quantitative estimate of drug-likeness (QED) is 0.469. The maximum absolute atomic E-state index is 12.3. The molecule has 10 heteroatoms. The van der Waals surface area contributed by atoms with Gasteiger partial charge in [-0.1, -0.05) is 18.2 Å². The Kier molecular flexibility index (Phi) is 5.70. The maximum atomic E-state index is 12.3. The van der Waals surface area contributed by atoms with Crippen molar-refractivity contribution in [3.8, 4) is 11.5 Å². The maximum Gasteiger partial charge on any atom is 0.302 e. The molecule has 3 aromatic heterocycles. The van der Waals surface area contributed by atoms with E-state index in [0.29, 0.717) is 17.0 Å². The summed E-state index contributed by atoms with van der Waals surface area (Å²) in [6.45, 7) is 0.278. The van der Waals surface area contributed by atoms with E-state index in [4.69, 9.17) is 8.83 Å². The second kappa shape index (κ2) is 8.91. The van der Waals surface area contributed by atoms with E-state index < -0.39 is 11.8 Å². The number of nitrogens with zero attached hydrogens (tertiary/aromatic N) is 3. The number of anilines is 1. The molecule has 0 saturated carbocycles. The van der Waals surface area contributed by atoms with Crippen LogP contribution in [0.5, 0.6) is 0 Å². The van der Waals surface area contributed by atoms with E-state index in [9.17, 15) is 14.4 Å². The summed E-state index contributed by atoms with van der Waals surface area (Å²) < 4.78 is 11.6. The number of nitrogens with one attached hydrogen (secondary N) is 2. The molecule has 0 atom stereocenters. The van der Waals surface area contributed by atoms with Gasteiger partial charge in [0.15, 0.2) is 11.5 Å². The van der Waals surface area contributed by atoms with Gasteiger partial charge in [0.25, 0.3) is 17.4 Å². The van der Waals surface area contributed by atoms with Gasteiger partial charge >= 0.3 is 6.01 Å². The summed E-state index contributed by atoms with van der Waals surface area (Å²) >= 11 is 0. The van der Waals surface area contributed by atoms with Crippen LogP contribution in [0.15, 0.2) is 80.8 Å². The molecule has 0 aliphatic carbocycles. The third-order valence-corrected chi connectivity index (χ3v) is 4.24. The van der Waals surface area contributed by atoms with Gasteiger partial charge < -0.3 is 14.2 Å². The average Bonchev–Trinajstić information content (AvgIpc) is 3.48. The number of hydrogen-bond acceptors (Lipinski definition) is 7. The summed E-state index contributed by atoms with van der Waals surface area (Å²) in [5.41, 5.74) is 0.623. The Morgan fingerprint density at radius 3 is 2.58 bits per heavy atom. The molecular weight excluding hydrogens is 402 g/mol. The van der Waals surface area contributed by atoms with Crippen molar-refractivity contribution in [2.75, 3.05) is 11.9 Å². The summed E-state index contributed by atoms with van der Waals surface area (Å²) in [6.07, 6.45) is 2.65. The Bertz CT molecular complexity index is 1240. The van der Waals surface area contributed by atoms with Crippen molar-refractivity contribution in [3.05, 3.63) is 88.7 Å². The number of furan rings is 1. The molecule has 31 heavy (non-hydrogen) atoms. The number of carbonyl (C=O) groups excluding carboxylic acids is 2. The van der Waals surface area contributed by atoms with Crippen molar-refractivity contribution in [2.24, 2.45) is 0 Å². The standard InChI is InChI=1S/C21H17N5O5/c27-18-9-8-15(17-7-4-12-30-17)25-26(18)11-10-22-20(29)16-13-31-21(23-16)24-19(28)14-5-2-1-3-6-14/h1-9,12-13H,10-11H2,(H,22,29)(H,23,24,28). The Hall–Kier alpha value is -4.47. The fourth-order valence-corrected chi connectivity index (χ4v) is 2.72. The monoisotopic (exact) mass is 419 g/mol. The highest BCUT2D eigenvalue weighted by molar-refractivity contribution is 6.03. The molecule has 156 valence electrons. The normalized spacial score (nSPS) is 10.6. The van der Waals surface area contributed by atoms with Gasteiger partial charge in [-0.3, -0.25) is 19.7 Å². The van der Waals surface area contributed by atoms with Crippen LogP contribution < -0.4 is 16.2 Å². The largest absolute Gasteiger partial charge is 0.463 e. The van der Waals surface area contributed by atoms with Crippen molar-refractivity contribution in [3.63, 3.8) is 0 Å². The lowest BCUT2D eigenvalue weighted by atomic mass is 10.2. The van der Waals surface area contributed by atoms with Gasteiger partial charge in [0.05, 0.1) is 12.8 Å². The second-order valence-corrected chi connectivity index (χ2v) is 6.37. The van der Waals surface area contributed by atoms with Crippen LogP contribution in [0.25, 0.3) is 11.5 Å². The molecule has 0 saturated heterocycles. The van der Waals surface area contributed by atoms with Crippen molar-refractivity contribution < 1.29 is 18.4 Å². The number of carbonyl (C=O) groups is 2. The van der Waals surface area contributed by atoms with Gasteiger partial charge in [-0.05, 0) is 30.3 Å². The van der Waals surface area contributed by atoms with Crippen molar-refractivity contribution in [2.45, 2.75) is 6.54 Å². The molecular formula is C21H17N5O5. The van der Waals surface area contributed by atoms with Gasteiger partial charge in [-0.25, -0.2) is 4.68 Å². The predicted molar refractivity (Wildman–Crippen MR) is 109 cm³/mol. The van der Waals surface area contributed by atoms with E-state index in [1.165, 1.54) is 17.0 Å². The zero-order valence-electron chi connectivity index (χ0n) is 16.1. The van der Waals surface area contributed by atoms with Gasteiger partial charge in [-0.2, -0.15) is 10.1 Å². The second-order valence-electron chi connectivity index (χ2n) is 6.37. The van der Waals surface area contributed by atoms with Gasteiger partial charge in [0, 0.05) is 18.2 Å². The predicted octanol–water partition coefficient (Wildman–Crippen LogP) is 2.17. The zero-order valence-corrected chi connectivity index (χ0v) is 16.1. The third kappa shape index (κ3) is 4.75. The van der Waals surface area contributed by atoms with E-state index >= 15 is 0 Å². The van der Waals surface area contributed by atoms with Crippen molar-refractivity contribution in [1.29, 1.82) is 0 Å². The first kappa shape index (κ1) is 19.8. The Labute approximate surface area is 175 Å². The number of rotatable bonds is 7. The number of aromatic nitrogens is 3. The molecule has 10 nitrogen and oxygen atoms in total. The molecule has 0 aliphatic rings. The molecule has 3 heterocycles. The van der Waals surface area contributed by atoms with E-state index in [1.807, 2.05) is 0 Å². The van der Waals surface area contributed by atoms with Gasteiger partial charge in [-0.15, -0.1) is 0 Å². The summed E-state index contributed by atoms with van der Waals surface area (Å²) in [7, 11) is 0. The SMILES string of the molecule is O=C(Nc1nc(C(=O)NCCn2nc(-c3ccco3)ccc2=O)co1)c1ccccc1. The highest BCUT2D eigenvalue weighted by atomic mass is 16.4. The van der Waals surface area contributed by atoms with E-state index in [-0.39, 0.29) is 30.4 Å². The zero-order chi connectivity index (χ0) is 21.6. The van der Waals surface area contributed by atoms with E-state index in [0.717, 1.165) is 6.26 Å². The highest BCUT2D eigenvalue weighted by Gasteiger charge is 2.15. The third-order valence-electron chi connectivity index (χ3n) is 4.24. The van der Waals surface area contributed by atoms with Crippen LogP contribution in [-0.2, 0) is 6.54 Å². The fourth-order valence-electron chi connectivity index (χ4n) is 2.72. The molecule has 0 spiro atoms. The first-order valence-electron chi connectivity index (χ1n) is 9.32. The highest BCUT2D eigenvalue weighted by Crippen LogP contribution is 2.15. The van der Waals surface area contributed by atoms with Crippen LogP contribution >= 0.6 is 0 Å². The molecule has 0 fully saturated rings. The minimum atomic E-state index is -0.515. The number of benzene rings is 1. The molecule has 0 radical (unpaired) electrons. The molecule has 2 amide bonds. The topological polar surface area (TPSA) is 132 Å². The summed E-state index contributed by atoms with van der Waals surface area (Å²) in [5, 5.41) is 9.34. The minimum Gasteiger partial charge on any atom is -0.463 e. The van der Waals surface area contributed by atoms with Crippen LogP contribution in [0.4, 0.5) is 6.01 Å². The Morgan fingerprint density at radius 1 is 0.968 bits per heavy atom. The summed E-state index contributed by atoms with van der Waals surface area (Å²) in [6, 6.07) is 14.8. The van der Waals surface area contributed by atoms with E-state index in [1.54, 1.807) is 48.5 Å². The smallest absolute Gasteiger partial charge is 0.302 e. The Morgan fingerprint density at radius 2 is 1.81 bits per heavy atom. The molecule has 0 bridgehead atoms. The van der Waals surface area contributed by atoms with Gasteiger partial charge in [0.2, 0.25) is 0 Å². The molecule has 4 rings (SSSR count). The summed E-state index contributed by atoms with van der Waals surface area (Å²) in [4.78, 5) is 40.3. The summed E-state index contributed by atoms with van der Waals surface area (Å²) in [5.74, 6) is -0.388. The van der Waals surface area contributed by atoms with Crippen LogP contribution in [0, 0.1) is 0 Å². The average molecular weight is 419 g/mol. The molecule has 2 N–H and O–H groups in total. The lowest BCUT2D eigenvalue weighted by molar-refractivity contribution is 0.0945. The van der Waals surface area contributed by atoms with Crippen molar-refractivity contribution in [1.82, 2.24) is 20.1 Å². The van der Waals surface area contributed by atoms with Crippen LogP contribution in [0.2, 0.25) is 0 Å². The fraction of sp³-hybridized carbons (Fsp3) is 0.0952. The lowest BCUT2D eigenvalue weighted by Crippen LogP contribution is -2.32. The lowest BCUT2D eigenvalue weighted by Gasteiger charge is -2.06. The van der Waals surface area contributed by atoms with Crippen molar-refractivity contribution >= 4 is 17.8 Å². The Balaban J connectivity index is 1.33. The first-order chi connectivity index (χ1) is 15.1. The van der Waals surface area contributed by atoms with Crippen LogP contribution in [0.1, 0.15) is 20.8 Å². The number of oxazole rings is 1. The molecule has 0 aliphatic heterocycles. The number of amides is 2. The number of hydrogen-bond donors (Lipinski definition) is 2. The minimum absolute atomic E-state index is 0.00648. The molecule has 4 aromatic rings. The first-order valence-corrected chi connectivity index (χ1v) is 9.32. The molecule has 1 aromatic carbocycles. The van der Waals surface area contributed by atoms with Gasteiger partial charge in [0.1, 0.15) is 12.0 Å². The van der Waals surface area contributed by atoms with Crippen LogP contribution in [-0.4, -0.2) is 33.1 Å². The van der Waals surface area contributed by atoms with Crippen LogP contribution in [0.3, 0.4) is 0 Å².